The fourth-order valence-electron chi connectivity index (χ4n) is 2.41. The molecule has 1 N–H and O–H groups in total. The maximum Gasteiger partial charge on any atom is 0.325 e. The van der Waals surface area contributed by atoms with Crippen LogP contribution in [0.15, 0.2) is 35.2 Å². The molecule has 0 aliphatic carbocycles. The molecule has 0 saturated heterocycles. The molecule has 1 aromatic rings. The van der Waals surface area contributed by atoms with Gasteiger partial charge in [-0.1, -0.05) is 25.1 Å². The molecule has 1 aromatic carbocycles. The summed E-state index contributed by atoms with van der Waals surface area (Å²) in [6, 6.07) is 10.5. The molecule has 0 aromatic heterocycles. The van der Waals surface area contributed by atoms with Gasteiger partial charge in [-0.25, -0.2) is 0 Å². The first-order chi connectivity index (χ1) is 9.37. The van der Waals surface area contributed by atoms with Gasteiger partial charge in [-0.15, -0.1) is 11.8 Å². The van der Waals surface area contributed by atoms with Crippen molar-refractivity contribution in [2.75, 3.05) is 7.11 Å². The van der Waals surface area contributed by atoms with Crippen molar-refractivity contribution in [3.8, 4) is 0 Å². The second-order valence-electron chi connectivity index (χ2n) is 5.57. The van der Waals surface area contributed by atoms with Gasteiger partial charge in [0.1, 0.15) is 5.54 Å². The number of esters is 1. The van der Waals surface area contributed by atoms with E-state index in [2.05, 4.69) is 24.4 Å². The minimum atomic E-state index is -0.649. The summed E-state index contributed by atoms with van der Waals surface area (Å²) >= 11 is 1.78. The summed E-state index contributed by atoms with van der Waals surface area (Å²) in [5.41, 5.74) is -0.649. The van der Waals surface area contributed by atoms with E-state index in [4.69, 9.17) is 4.74 Å². The van der Waals surface area contributed by atoms with E-state index < -0.39 is 5.54 Å². The second kappa shape index (κ2) is 7.70. The first-order valence-electron chi connectivity index (χ1n) is 6.95. The van der Waals surface area contributed by atoms with E-state index in [9.17, 15) is 4.79 Å². The molecular weight excluding hydrogens is 270 g/mol. The van der Waals surface area contributed by atoms with E-state index in [0.717, 1.165) is 6.42 Å². The minimum absolute atomic E-state index is 0.202. The number of carbonyl (C=O) groups is 1. The third-order valence-corrected chi connectivity index (χ3v) is 4.13. The third kappa shape index (κ3) is 5.17. The standard InChI is InChI=1S/C16H25NO2S/c1-12(2)17-16(4,15(18)19-5)11-13(3)20-14-9-7-6-8-10-14/h6-10,12-13,17H,11H2,1-5H3. The first kappa shape index (κ1) is 17.1. The lowest BCUT2D eigenvalue weighted by atomic mass is 9.95. The Balaban J connectivity index is 2.71. The van der Waals surface area contributed by atoms with Crippen LogP contribution in [0.2, 0.25) is 0 Å². The Labute approximate surface area is 126 Å². The van der Waals surface area contributed by atoms with E-state index in [1.54, 1.807) is 11.8 Å². The van der Waals surface area contributed by atoms with E-state index >= 15 is 0 Å². The molecule has 112 valence electrons. The van der Waals surface area contributed by atoms with Crippen LogP contribution in [0, 0.1) is 0 Å². The number of benzene rings is 1. The summed E-state index contributed by atoms with van der Waals surface area (Å²) in [5, 5.41) is 3.65. The lowest BCUT2D eigenvalue weighted by Gasteiger charge is -2.32. The molecule has 3 nitrogen and oxygen atoms in total. The summed E-state index contributed by atoms with van der Waals surface area (Å²) in [6.07, 6.45) is 0.720. The van der Waals surface area contributed by atoms with Crippen LogP contribution in [-0.4, -0.2) is 29.9 Å². The number of thioether (sulfide) groups is 1. The van der Waals surface area contributed by atoms with Crippen molar-refractivity contribution in [2.45, 2.75) is 55.8 Å². The highest BCUT2D eigenvalue weighted by molar-refractivity contribution is 7.99. The zero-order chi connectivity index (χ0) is 15.2. The fraction of sp³-hybridized carbons (Fsp3) is 0.562. The molecular formula is C16H25NO2S. The smallest absolute Gasteiger partial charge is 0.325 e. The third-order valence-electron chi connectivity index (χ3n) is 3.02. The minimum Gasteiger partial charge on any atom is -0.468 e. The molecule has 0 bridgehead atoms. The quantitative estimate of drug-likeness (QED) is 0.617. The van der Waals surface area contributed by atoms with Gasteiger partial charge < -0.3 is 4.74 Å². The van der Waals surface area contributed by atoms with Crippen LogP contribution in [0.3, 0.4) is 0 Å². The van der Waals surface area contributed by atoms with Crippen LogP contribution >= 0.6 is 11.8 Å². The van der Waals surface area contributed by atoms with Crippen LogP contribution in [-0.2, 0) is 9.53 Å². The van der Waals surface area contributed by atoms with Gasteiger partial charge in [-0.3, -0.25) is 10.1 Å². The van der Waals surface area contributed by atoms with E-state index in [1.807, 2.05) is 39.0 Å². The van der Waals surface area contributed by atoms with Gasteiger partial charge in [-0.2, -0.15) is 0 Å². The molecule has 0 aliphatic rings. The fourth-order valence-corrected chi connectivity index (χ4v) is 3.61. The van der Waals surface area contributed by atoms with Crippen LogP contribution in [0.4, 0.5) is 0 Å². The number of methoxy groups -OCH3 is 1. The van der Waals surface area contributed by atoms with Crippen LogP contribution < -0.4 is 5.32 Å². The van der Waals surface area contributed by atoms with Crippen molar-refractivity contribution in [2.24, 2.45) is 0 Å². The molecule has 0 radical (unpaired) electrons. The largest absolute Gasteiger partial charge is 0.468 e. The molecule has 0 fully saturated rings. The molecule has 0 amide bonds. The van der Waals surface area contributed by atoms with Crippen molar-refractivity contribution in [3.63, 3.8) is 0 Å². The van der Waals surface area contributed by atoms with Crippen molar-refractivity contribution in [1.82, 2.24) is 5.32 Å². The Morgan fingerprint density at radius 2 is 1.90 bits per heavy atom. The topological polar surface area (TPSA) is 38.3 Å². The Kier molecular flexibility index (Phi) is 6.56. The Morgan fingerprint density at radius 1 is 1.30 bits per heavy atom. The monoisotopic (exact) mass is 295 g/mol. The summed E-state index contributed by atoms with van der Waals surface area (Å²) in [5.74, 6) is -0.202. The Morgan fingerprint density at radius 3 is 2.40 bits per heavy atom. The van der Waals surface area contributed by atoms with Crippen LogP contribution in [0.5, 0.6) is 0 Å². The highest BCUT2D eigenvalue weighted by Crippen LogP contribution is 2.29. The van der Waals surface area contributed by atoms with E-state index in [1.165, 1.54) is 12.0 Å². The molecule has 0 aliphatic heterocycles. The molecule has 20 heavy (non-hydrogen) atoms. The zero-order valence-corrected chi connectivity index (χ0v) is 13.8. The molecule has 2 unspecified atom stereocenters. The first-order valence-corrected chi connectivity index (χ1v) is 7.83. The average Bonchev–Trinajstić information content (AvgIpc) is 2.37. The summed E-state index contributed by atoms with van der Waals surface area (Å²) in [7, 11) is 1.44. The predicted octanol–water partition coefficient (Wildman–Crippen LogP) is 3.49. The van der Waals surface area contributed by atoms with Gasteiger partial charge in [0.05, 0.1) is 7.11 Å². The van der Waals surface area contributed by atoms with Gasteiger partial charge in [0.2, 0.25) is 0 Å². The number of ether oxygens (including phenoxy) is 1. The Hall–Kier alpha value is -1.00. The number of hydrogen-bond acceptors (Lipinski definition) is 4. The number of hydrogen-bond donors (Lipinski definition) is 1. The average molecular weight is 295 g/mol. The van der Waals surface area contributed by atoms with Gasteiger partial charge >= 0.3 is 5.97 Å². The van der Waals surface area contributed by atoms with Crippen LogP contribution in [0.25, 0.3) is 0 Å². The van der Waals surface area contributed by atoms with Gasteiger partial charge in [-0.05, 0) is 39.3 Å². The zero-order valence-electron chi connectivity index (χ0n) is 13.0. The second-order valence-corrected chi connectivity index (χ2v) is 7.08. The number of rotatable bonds is 7. The summed E-state index contributed by atoms with van der Waals surface area (Å²) in [4.78, 5) is 13.3. The molecule has 1 rings (SSSR count). The Bertz CT molecular complexity index is 422. The summed E-state index contributed by atoms with van der Waals surface area (Å²) in [6.45, 7) is 8.13. The normalized spacial score (nSPS) is 15.7. The molecule has 0 heterocycles. The van der Waals surface area contributed by atoms with Crippen molar-refractivity contribution in [3.05, 3.63) is 30.3 Å². The maximum atomic E-state index is 12.1. The van der Waals surface area contributed by atoms with Gasteiger partial charge in [0, 0.05) is 16.2 Å². The van der Waals surface area contributed by atoms with E-state index in [0.29, 0.717) is 5.25 Å². The number of carbonyl (C=O) groups excluding carboxylic acids is 1. The predicted molar refractivity (Wildman–Crippen MR) is 85.1 cm³/mol. The lowest BCUT2D eigenvalue weighted by Crippen LogP contribution is -2.54. The van der Waals surface area contributed by atoms with Crippen LogP contribution in [0.1, 0.15) is 34.1 Å². The highest BCUT2D eigenvalue weighted by atomic mass is 32.2. The maximum absolute atomic E-state index is 12.1. The SMILES string of the molecule is COC(=O)C(C)(CC(C)Sc1ccccc1)NC(C)C. The van der Waals surface area contributed by atoms with Gasteiger partial charge in [0.15, 0.2) is 0 Å². The molecule has 2 atom stereocenters. The van der Waals surface area contributed by atoms with Crippen molar-refractivity contribution >= 4 is 17.7 Å². The lowest BCUT2D eigenvalue weighted by molar-refractivity contribution is -0.148. The molecule has 0 spiro atoms. The molecule has 4 heteroatoms. The molecule has 0 saturated carbocycles. The van der Waals surface area contributed by atoms with Crippen molar-refractivity contribution < 1.29 is 9.53 Å². The van der Waals surface area contributed by atoms with Crippen molar-refractivity contribution in [1.29, 1.82) is 0 Å². The number of nitrogens with one attached hydrogen (secondary N) is 1. The summed E-state index contributed by atoms with van der Waals surface area (Å²) < 4.78 is 4.96. The van der Waals surface area contributed by atoms with Gasteiger partial charge in [0.25, 0.3) is 0 Å². The van der Waals surface area contributed by atoms with E-state index in [-0.39, 0.29) is 12.0 Å². The highest BCUT2D eigenvalue weighted by Gasteiger charge is 2.36.